The number of aryl methyl sites for hydroxylation is 1. The lowest BCUT2D eigenvalue weighted by Gasteiger charge is -2.17. The highest BCUT2D eigenvalue weighted by Gasteiger charge is 2.20. The van der Waals surface area contributed by atoms with Crippen LogP contribution < -0.4 is 0 Å². The van der Waals surface area contributed by atoms with Crippen LogP contribution in [0.2, 0.25) is 0 Å². The molecule has 0 bridgehead atoms. The van der Waals surface area contributed by atoms with Gasteiger partial charge in [-0.05, 0) is 25.0 Å². The number of hydrogen-bond acceptors (Lipinski definition) is 4. The molecule has 0 fully saturated rings. The SMILES string of the molecule is Cc1cc(F)cnc1C(O)C(O)CCO. The summed E-state index contributed by atoms with van der Waals surface area (Å²) in [4.78, 5) is 3.71. The zero-order valence-electron chi connectivity index (χ0n) is 8.39. The van der Waals surface area contributed by atoms with E-state index in [0.29, 0.717) is 5.56 Å². The molecule has 2 unspecified atom stereocenters. The molecule has 4 nitrogen and oxygen atoms in total. The van der Waals surface area contributed by atoms with Gasteiger partial charge in [-0.2, -0.15) is 0 Å². The fourth-order valence-electron chi connectivity index (χ4n) is 1.33. The van der Waals surface area contributed by atoms with Crippen LogP contribution in [0.4, 0.5) is 4.39 Å². The lowest BCUT2D eigenvalue weighted by Crippen LogP contribution is -2.21. The van der Waals surface area contributed by atoms with Crippen LogP contribution in [0.5, 0.6) is 0 Å². The fourth-order valence-corrected chi connectivity index (χ4v) is 1.33. The zero-order chi connectivity index (χ0) is 11.4. The van der Waals surface area contributed by atoms with Crippen molar-refractivity contribution in [2.45, 2.75) is 25.6 Å². The largest absolute Gasteiger partial charge is 0.396 e. The van der Waals surface area contributed by atoms with Crippen molar-refractivity contribution in [2.24, 2.45) is 0 Å². The molecule has 15 heavy (non-hydrogen) atoms. The first-order valence-electron chi connectivity index (χ1n) is 4.65. The summed E-state index contributed by atoms with van der Waals surface area (Å²) < 4.78 is 12.7. The topological polar surface area (TPSA) is 73.6 Å². The van der Waals surface area contributed by atoms with Gasteiger partial charge in [0.2, 0.25) is 0 Å². The first kappa shape index (κ1) is 12.0. The molecule has 84 valence electrons. The van der Waals surface area contributed by atoms with E-state index in [1.165, 1.54) is 6.07 Å². The second-order valence-electron chi connectivity index (χ2n) is 3.38. The van der Waals surface area contributed by atoms with Gasteiger partial charge < -0.3 is 15.3 Å². The summed E-state index contributed by atoms with van der Waals surface area (Å²) in [6, 6.07) is 1.23. The Labute approximate surface area is 87.0 Å². The third-order valence-electron chi connectivity index (χ3n) is 2.15. The number of aliphatic hydroxyl groups excluding tert-OH is 3. The van der Waals surface area contributed by atoms with Crippen molar-refractivity contribution >= 4 is 0 Å². The molecule has 2 atom stereocenters. The molecule has 1 aromatic heterocycles. The van der Waals surface area contributed by atoms with Crippen LogP contribution in [0, 0.1) is 12.7 Å². The van der Waals surface area contributed by atoms with E-state index in [1.807, 2.05) is 0 Å². The van der Waals surface area contributed by atoms with E-state index in [1.54, 1.807) is 6.92 Å². The third-order valence-corrected chi connectivity index (χ3v) is 2.15. The van der Waals surface area contributed by atoms with Gasteiger partial charge in [-0.15, -0.1) is 0 Å². The first-order chi connectivity index (χ1) is 7.06. The maximum absolute atomic E-state index is 12.7. The Balaban J connectivity index is 2.86. The molecule has 0 saturated carbocycles. The molecule has 1 rings (SSSR count). The summed E-state index contributed by atoms with van der Waals surface area (Å²) in [6.45, 7) is 1.37. The fraction of sp³-hybridized carbons (Fsp3) is 0.500. The number of halogens is 1. The lowest BCUT2D eigenvalue weighted by molar-refractivity contribution is 0.00149. The monoisotopic (exact) mass is 215 g/mol. The van der Waals surface area contributed by atoms with Crippen LogP contribution >= 0.6 is 0 Å². The van der Waals surface area contributed by atoms with Gasteiger partial charge in [0.1, 0.15) is 11.9 Å². The maximum Gasteiger partial charge on any atom is 0.141 e. The van der Waals surface area contributed by atoms with Crippen molar-refractivity contribution in [1.82, 2.24) is 4.98 Å². The minimum Gasteiger partial charge on any atom is -0.396 e. The van der Waals surface area contributed by atoms with E-state index in [2.05, 4.69) is 4.98 Å². The van der Waals surface area contributed by atoms with E-state index >= 15 is 0 Å². The lowest BCUT2D eigenvalue weighted by atomic mass is 10.0. The molecule has 0 aliphatic carbocycles. The molecule has 3 N–H and O–H groups in total. The summed E-state index contributed by atoms with van der Waals surface area (Å²) in [5, 5.41) is 27.7. The first-order valence-corrected chi connectivity index (χ1v) is 4.65. The summed E-state index contributed by atoms with van der Waals surface area (Å²) in [5.41, 5.74) is 0.705. The van der Waals surface area contributed by atoms with E-state index in [0.717, 1.165) is 6.20 Å². The Hall–Kier alpha value is -1.04. The molecule has 0 radical (unpaired) electrons. The van der Waals surface area contributed by atoms with E-state index in [4.69, 9.17) is 5.11 Å². The maximum atomic E-state index is 12.7. The summed E-state index contributed by atoms with van der Waals surface area (Å²) in [7, 11) is 0. The van der Waals surface area contributed by atoms with Crippen molar-refractivity contribution in [2.75, 3.05) is 6.61 Å². The van der Waals surface area contributed by atoms with Crippen LogP contribution in [0.3, 0.4) is 0 Å². The molecule has 0 saturated heterocycles. The Kier molecular flexibility index (Phi) is 4.14. The van der Waals surface area contributed by atoms with Crippen molar-refractivity contribution in [3.05, 3.63) is 29.3 Å². The predicted molar refractivity (Wildman–Crippen MR) is 51.6 cm³/mol. The van der Waals surface area contributed by atoms with Crippen molar-refractivity contribution in [1.29, 1.82) is 0 Å². The standard InChI is InChI=1S/C10H14FNO3/c1-6-4-7(11)5-12-9(6)10(15)8(14)2-3-13/h4-5,8,10,13-15H,2-3H2,1H3. The molecule has 0 aromatic carbocycles. The molecule has 0 aliphatic heterocycles. The molecule has 0 aliphatic rings. The second kappa shape index (κ2) is 5.16. The number of aromatic nitrogens is 1. The number of aliphatic hydroxyl groups is 3. The van der Waals surface area contributed by atoms with Crippen LogP contribution in [-0.4, -0.2) is 33.0 Å². The van der Waals surface area contributed by atoms with Gasteiger partial charge in [0.05, 0.1) is 18.0 Å². The van der Waals surface area contributed by atoms with Gasteiger partial charge in [-0.25, -0.2) is 4.39 Å². The molecular weight excluding hydrogens is 201 g/mol. The van der Waals surface area contributed by atoms with Crippen molar-refractivity contribution in [3.8, 4) is 0 Å². The molecule has 1 heterocycles. The van der Waals surface area contributed by atoms with Crippen LogP contribution in [-0.2, 0) is 0 Å². The van der Waals surface area contributed by atoms with E-state index in [-0.39, 0.29) is 18.7 Å². The second-order valence-corrected chi connectivity index (χ2v) is 3.38. The average Bonchev–Trinajstić information content (AvgIpc) is 2.17. The smallest absolute Gasteiger partial charge is 0.141 e. The quantitative estimate of drug-likeness (QED) is 0.675. The summed E-state index contributed by atoms with van der Waals surface area (Å²) >= 11 is 0. The van der Waals surface area contributed by atoms with E-state index < -0.39 is 18.0 Å². The van der Waals surface area contributed by atoms with Crippen LogP contribution in [0.25, 0.3) is 0 Å². The van der Waals surface area contributed by atoms with Gasteiger partial charge in [0, 0.05) is 6.61 Å². The van der Waals surface area contributed by atoms with Crippen LogP contribution in [0.15, 0.2) is 12.3 Å². The summed E-state index contributed by atoms with van der Waals surface area (Å²) in [6.07, 6.45) is -1.25. The Morgan fingerprint density at radius 3 is 2.67 bits per heavy atom. The molecule has 1 aromatic rings. The minimum atomic E-state index is -1.20. The van der Waals surface area contributed by atoms with Crippen molar-refractivity contribution < 1.29 is 19.7 Å². The average molecular weight is 215 g/mol. The molecule has 0 amide bonds. The van der Waals surface area contributed by atoms with Crippen LogP contribution in [0.1, 0.15) is 23.8 Å². The Bertz CT molecular complexity index is 332. The predicted octanol–water partition coefficient (Wildman–Crippen LogP) is 0.306. The molecular formula is C10H14FNO3. The van der Waals surface area contributed by atoms with Gasteiger partial charge in [-0.3, -0.25) is 4.98 Å². The van der Waals surface area contributed by atoms with Gasteiger partial charge in [-0.1, -0.05) is 0 Å². The number of nitrogens with zero attached hydrogens (tertiary/aromatic N) is 1. The zero-order valence-corrected chi connectivity index (χ0v) is 8.39. The highest BCUT2D eigenvalue weighted by atomic mass is 19.1. The van der Waals surface area contributed by atoms with Crippen molar-refractivity contribution in [3.63, 3.8) is 0 Å². The van der Waals surface area contributed by atoms with Gasteiger partial charge in [0.25, 0.3) is 0 Å². The van der Waals surface area contributed by atoms with Gasteiger partial charge in [0.15, 0.2) is 0 Å². The van der Waals surface area contributed by atoms with Gasteiger partial charge >= 0.3 is 0 Å². The minimum absolute atomic E-state index is 0.0552. The third kappa shape index (κ3) is 2.95. The number of pyridine rings is 1. The summed E-state index contributed by atoms with van der Waals surface area (Å²) in [5.74, 6) is -0.486. The molecule has 5 heteroatoms. The van der Waals surface area contributed by atoms with E-state index in [9.17, 15) is 14.6 Å². The Morgan fingerprint density at radius 1 is 1.47 bits per heavy atom. The molecule has 0 spiro atoms. The normalized spacial score (nSPS) is 15.0. The number of rotatable bonds is 4. The highest BCUT2D eigenvalue weighted by Crippen LogP contribution is 2.20. The Morgan fingerprint density at radius 2 is 2.13 bits per heavy atom. The highest BCUT2D eigenvalue weighted by molar-refractivity contribution is 5.21. The number of hydrogen-bond donors (Lipinski definition) is 3.